The van der Waals surface area contributed by atoms with Crippen LogP contribution < -0.4 is 5.32 Å². The van der Waals surface area contributed by atoms with Gasteiger partial charge in [0, 0.05) is 6.04 Å². The first-order valence-corrected chi connectivity index (χ1v) is 6.99. The quantitative estimate of drug-likeness (QED) is 0.887. The molecule has 2 heterocycles. The highest BCUT2D eigenvalue weighted by molar-refractivity contribution is 7.18. The van der Waals surface area contributed by atoms with Gasteiger partial charge in [0.15, 0.2) is 5.82 Å². The predicted octanol–water partition coefficient (Wildman–Crippen LogP) is 3.14. The lowest BCUT2D eigenvalue weighted by atomic mass is 9.95. The lowest BCUT2D eigenvalue weighted by molar-refractivity contribution is 0.462. The second-order valence-electron chi connectivity index (χ2n) is 4.59. The molecule has 1 aliphatic rings. The summed E-state index contributed by atoms with van der Waals surface area (Å²) in [6.07, 6.45) is 8.13. The summed E-state index contributed by atoms with van der Waals surface area (Å²) < 4.78 is 0. The number of rotatable bonds is 2. The highest BCUT2D eigenvalue weighted by Crippen LogP contribution is 2.27. The molecule has 1 N–H and O–H groups in total. The average Bonchev–Trinajstić information content (AvgIpc) is 2.72. The average molecular weight is 248 g/mol. The lowest BCUT2D eigenvalue weighted by Crippen LogP contribution is -2.23. The second-order valence-corrected chi connectivity index (χ2v) is 5.77. The predicted molar refractivity (Wildman–Crippen MR) is 70.4 cm³/mol. The molecule has 3 rings (SSSR count). The fourth-order valence-corrected chi connectivity index (χ4v) is 3.16. The Morgan fingerprint density at radius 3 is 2.88 bits per heavy atom. The van der Waals surface area contributed by atoms with Gasteiger partial charge in [-0.1, -0.05) is 30.6 Å². The maximum absolute atomic E-state index is 4.51. The lowest BCUT2D eigenvalue weighted by Gasteiger charge is -2.23. The van der Waals surface area contributed by atoms with E-state index in [0.717, 1.165) is 21.2 Å². The van der Waals surface area contributed by atoms with Crippen LogP contribution in [0.2, 0.25) is 0 Å². The van der Waals surface area contributed by atoms with E-state index in [2.05, 4.69) is 20.3 Å². The molecule has 5 heteroatoms. The van der Waals surface area contributed by atoms with Crippen molar-refractivity contribution in [3.05, 3.63) is 11.3 Å². The minimum Gasteiger partial charge on any atom is -0.365 e. The van der Waals surface area contributed by atoms with Gasteiger partial charge in [-0.15, -0.1) is 0 Å². The zero-order chi connectivity index (χ0) is 11.7. The number of fused-ring (bicyclic) bond motifs is 1. The summed E-state index contributed by atoms with van der Waals surface area (Å²) in [5.41, 5.74) is 0.931. The van der Waals surface area contributed by atoms with Crippen LogP contribution in [0.3, 0.4) is 0 Å². The van der Waals surface area contributed by atoms with Crippen LogP contribution in [0.1, 0.15) is 37.1 Å². The van der Waals surface area contributed by atoms with Crippen LogP contribution in [0.4, 0.5) is 5.82 Å². The number of thiazole rings is 1. The molecule has 1 saturated carbocycles. The molecule has 0 bridgehead atoms. The van der Waals surface area contributed by atoms with Crippen LogP contribution in [0, 0.1) is 6.92 Å². The minimum absolute atomic E-state index is 0.559. The van der Waals surface area contributed by atoms with Crippen LogP contribution >= 0.6 is 11.3 Å². The number of aryl methyl sites for hydroxylation is 1. The first kappa shape index (κ1) is 10.9. The Hall–Kier alpha value is -1.23. The molecule has 0 aromatic carbocycles. The largest absolute Gasteiger partial charge is 0.365 e. The summed E-state index contributed by atoms with van der Waals surface area (Å²) >= 11 is 1.63. The van der Waals surface area contributed by atoms with Gasteiger partial charge in [-0.2, -0.15) is 0 Å². The van der Waals surface area contributed by atoms with Crippen molar-refractivity contribution in [3.63, 3.8) is 0 Å². The summed E-state index contributed by atoms with van der Waals surface area (Å²) in [6.45, 7) is 2.01. The monoisotopic (exact) mass is 248 g/mol. The van der Waals surface area contributed by atoms with Crippen LogP contribution in [0.25, 0.3) is 10.3 Å². The van der Waals surface area contributed by atoms with E-state index in [4.69, 9.17) is 0 Å². The van der Waals surface area contributed by atoms with E-state index in [0.29, 0.717) is 6.04 Å². The third-order valence-corrected chi connectivity index (χ3v) is 4.13. The molecule has 2 aromatic rings. The third kappa shape index (κ3) is 2.24. The van der Waals surface area contributed by atoms with E-state index in [1.807, 2.05) is 6.92 Å². The Morgan fingerprint density at radius 2 is 2.06 bits per heavy atom. The van der Waals surface area contributed by atoms with Gasteiger partial charge in [0.05, 0.1) is 5.01 Å². The number of hydrogen-bond acceptors (Lipinski definition) is 5. The van der Waals surface area contributed by atoms with Gasteiger partial charge in [0.2, 0.25) is 0 Å². The number of nitrogens with zero attached hydrogens (tertiary/aromatic N) is 3. The summed E-state index contributed by atoms with van der Waals surface area (Å²) in [4.78, 5) is 14.1. The topological polar surface area (TPSA) is 50.7 Å². The number of nitrogens with one attached hydrogen (secondary N) is 1. The fourth-order valence-electron chi connectivity index (χ4n) is 2.40. The Morgan fingerprint density at radius 1 is 1.24 bits per heavy atom. The molecule has 0 radical (unpaired) electrons. The van der Waals surface area contributed by atoms with Crippen molar-refractivity contribution in [1.29, 1.82) is 0 Å². The van der Waals surface area contributed by atoms with Crippen LogP contribution in [-0.4, -0.2) is 21.0 Å². The van der Waals surface area contributed by atoms with E-state index in [9.17, 15) is 0 Å². The van der Waals surface area contributed by atoms with E-state index < -0.39 is 0 Å². The molecule has 4 nitrogen and oxygen atoms in total. The maximum Gasteiger partial charge on any atom is 0.157 e. The zero-order valence-electron chi connectivity index (χ0n) is 9.94. The summed E-state index contributed by atoms with van der Waals surface area (Å²) in [5, 5.41) is 4.58. The van der Waals surface area contributed by atoms with Gasteiger partial charge in [-0.05, 0) is 19.8 Å². The van der Waals surface area contributed by atoms with Gasteiger partial charge in [-0.25, -0.2) is 15.0 Å². The highest BCUT2D eigenvalue weighted by atomic mass is 32.1. The standard InChI is InChI=1S/C12H16N4S/c1-8-15-10-11(13-7-14-12(10)17-8)16-9-5-3-2-4-6-9/h7,9H,2-6H2,1H3,(H,13,14,16). The zero-order valence-corrected chi connectivity index (χ0v) is 10.8. The van der Waals surface area contributed by atoms with Crippen molar-refractivity contribution in [1.82, 2.24) is 15.0 Å². The molecule has 90 valence electrons. The number of aromatic nitrogens is 3. The number of hydrogen-bond donors (Lipinski definition) is 1. The summed E-state index contributed by atoms with van der Waals surface area (Å²) in [7, 11) is 0. The molecule has 0 unspecified atom stereocenters. The molecular weight excluding hydrogens is 232 g/mol. The van der Waals surface area contributed by atoms with E-state index in [1.165, 1.54) is 32.1 Å². The molecular formula is C12H16N4S. The minimum atomic E-state index is 0.559. The highest BCUT2D eigenvalue weighted by Gasteiger charge is 2.16. The van der Waals surface area contributed by atoms with Gasteiger partial charge in [0.1, 0.15) is 16.7 Å². The van der Waals surface area contributed by atoms with Crippen molar-refractivity contribution < 1.29 is 0 Å². The van der Waals surface area contributed by atoms with Gasteiger partial charge < -0.3 is 5.32 Å². The molecule has 0 saturated heterocycles. The van der Waals surface area contributed by atoms with Gasteiger partial charge in [0.25, 0.3) is 0 Å². The Balaban J connectivity index is 1.88. The molecule has 0 amide bonds. The second kappa shape index (κ2) is 4.56. The van der Waals surface area contributed by atoms with Crippen LogP contribution in [-0.2, 0) is 0 Å². The first-order chi connectivity index (χ1) is 8.33. The van der Waals surface area contributed by atoms with Gasteiger partial charge in [-0.3, -0.25) is 0 Å². The maximum atomic E-state index is 4.51. The Bertz CT molecular complexity index is 516. The molecule has 1 fully saturated rings. The molecule has 2 aromatic heterocycles. The smallest absolute Gasteiger partial charge is 0.157 e. The van der Waals surface area contributed by atoms with E-state index in [1.54, 1.807) is 17.7 Å². The van der Waals surface area contributed by atoms with Gasteiger partial charge >= 0.3 is 0 Å². The molecule has 17 heavy (non-hydrogen) atoms. The Kier molecular flexibility index (Phi) is 2.93. The SMILES string of the molecule is Cc1nc2c(NC3CCCCC3)ncnc2s1. The third-order valence-electron chi connectivity index (χ3n) is 3.25. The van der Waals surface area contributed by atoms with Crippen molar-refractivity contribution in [3.8, 4) is 0 Å². The van der Waals surface area contributed by atoms with Crippen LogP contribution in [0.15, 0.2) is 6.33 Å². The summed E-state index contributed by atoms with van der Waals surface area (Å²) in [6, 6.07) is 0.559. The molecule has 0 aliphatic heterocycles. The van der Waals surface area contributed by atoms with Crippen molar-refractivity contribution in [2.24, 2.45) is 0 Å². The Labute approximate surface area is 105 Å². The van der Waals surface area contributed by atoms with Crippen molar-refractivity contribution in [2.45, 2.75) is 45.1 Å². The normalized spacial score (nSPS) is 17.5. The van der Waals surface area contributed by atoms with E-state index >= 15 is 0 Å². The van der Waals surface area contributed by atoms with Crippen molar-refractivity contribution >= 4 is 27.5 Å². The van der Waals surface area contributed by atoms with Crippen molar-refractivity contribution in [2.75, 3.05) is 5.32 Å². The van der Waals surface area contributed by atoms with Crippen LogP contribution in [0.5, 0.6) is 0 Å². The molecule has 0 spiro atoms. The first-order valence-electron chi connectivity index (χ1n) is 6.17. The van der Waals surface area contributed by atoms with E-state index in [-0.39, 0.29) is 0 Å². The fraction of sp³-hybridized carbons (Fsp3) is 0.583. The number of anilines is 1. The molecule has 0 atom stereocenters. The molecule has 1 aliphatic carbocycles. The summed E-state index contributed by atoms with van der Waals surface area (Å²) in [5.74, 6) is 0.909.